The van der Waals surface area contributed by atoms with E-state index in [0.29, 0.717) is 11.4 Å². The molecule has 0 saturated heterocycles. The Morgan fingerprint density at radius 2 is 1.76 bits per heavy atom. The van der Waals surface area contributed by atoms with Crippen molar-refractivity contribution in [1.82, 2.24) is 0 Å². The third kappa shape index (κ3) is 3.19. The lowest BCUT2D eigenvalue weighted by Crippen LogP contribution is -2.47. The maximum Gasteiger partial charge on any atom is 0.348 e. The van der Waals surface area contributed by atoms with Crippen LogP contribution in [0.3, 0.4) is 0 Å². The standard InChI is InChI=1S/C18H19NO5S/c1-12-4-7-14(8-5-12)25(21,22)19-11-17(18(20)23-3)24-16-9-6-13(2)10-15(16)19/h4-10,17H,11H2,1-3H3. The van der Waals surface area contributed by atoms with Crippen LogP contribution in [0.5, 0.6) is 5.75 Å². The van der Waals surface area contributed by atoms with E-state index in [4.69, 9.17) is 9.47 Å². The fourth-order valence-electron chi connectivity index (χ4n) is 2.68. The number of esters is 1. The van der Waals surface area contributed by atoms with E-state index < -0.39 is 22.1 Å². The van der Waals surface area contributed by atoms with Crippen LogP contribution in [-0.2, 0) is 19.6 Å². The lowest BCUT2D eigenvalue weighted by molar-refractivity contribution is -0.148. The number of rotatable bonds is 3. The molecule has 0 bridgehead atoms. The third-order valence-electron chi connectivity index (χ3n) is 4.06. The Labute approximate surface area is 147 Å². The van der Waals surface area contributed by atoms with Gasteiger partial charge in [-0.3, -0.25) is 4.31 Å². The molecule has 0 aromatic heterocycles. The van der Waals surface area contributed by atoms with Gasteiger partial charge in [-0.05, 0) is 43.7 Å². The van der Waals surface area contributed by atoms with E-state index in [-0.39, 0.29) is 11.4 Å². The summed E-state index contributed by atoms with van der Waals surface area (Å²) in [6.07, 6.45) is -1.01. The van der Waals surface area contributed by atoms with Crippen LogP contribution in [-0.4, -0.2) is 34.1 Å². The van der Waals surface area contributed by atoms with Gasteiger partial charge >= 0.3 is 5.97 Å². The molecule has 0 amide bonds. The van der Waals surface area contributed by atoms with Crippen LogP contribution in [0.2, 0.25) is 0 Å². The Bertz CT molecular complexity index is 906. The first kappa shape index (κ1) is 17.3. The number of sulfonamides is 1. The molecule has 25 heavy (non-hydrogen) atoms. The summed E-state index contributed by atoms with van der Waals surface area (Å²) >= 11 is 0. The number of fused-ring (bicyclic) bond motifs is 1. The van der Waals surface area contributed by atoms with Crippen molar-refractivity contribution in [2.45, 2.75) is 24.8 Å². The molecule has 1 heterocycles. The molecule has 2 aromatic carbocycles. The van der Waals surface area contributed by atoms with Gasteiger partial charge in [0.1, 0.15) is 5.75 Å². The smallest absolute Gasteiger partial charge is 0.348 e. The lowest BCUT2D eigenvalue weighted by Gasteiger charge is -2.34. The fourth-order valence-corrected chi connectivity index (χ4v) is 4.15. The van der Waals surface area contributed by atoms with Crippen molar-refractivity contribution in [2.24, 2.45) is 0 Å². The Kier molecular flexibility index (Phi) is 4.43. The molecule has 1 aliphatic heterocycles. The van der Waals surface area contributed by atoms with Gasteiger partial charge in [-0.15, -0.1) is 0 Å². The summed E-state index contributed by atoms with van der Waals surface area (Å²) in [6, 6.07) is 11.8. The molecule has 0 N–H and O–H groups in total. The summed E-state index contributed by atoms with van der Waals surface area (Å²) in [4.78, 5) is 12.1. The molecule has 2 aromatic rings. The molecule has 1 atom stereocenters. The minimum atomic E-state index is -3.84. The quantitative estimate of drug-likeness (QED) is 0.785. The second-order valence-corrected chi connectivity index (χ2v) is 7.81. The minimum absolute atomic E-state index is 0.140. The fraction of sp³-hybridized carbons (Fsp3) is 0.278. The van der Waals surface area contributed by atoms with Gasteiger partial charge in [-0.25, -0.2) is 13.2 Å². The van der Waals surface area contributed by atoms with Crippen molar-refractivity contribution >= 4 is 21.7 Å². The normalized spacial score (nSPS) is 16.8. The molecule has 7 heteroatoms. The molecule has 0 spiro atoms. The topological polar surface area (TPSA) is 72.9 Å². The van der Waals surface area contributed by atoms with Crippen LogP contribution in [0.25, 0.3) is 0 Å². The van der Waals surface area contributed by atoms with Crippen LogP contribution in [0.1, 0.15) is 11.1 Å². The summed E-state index contributed by atoms with van der Waals surface area (Å²) in [5.74, 6) is -0.279. The number of benzene rings is 2. The van der Waals surface area contributed by atoms with Crippen molar-refractivity contribution in [3.63, 3.8) is 0 Å². The van der Waals surface area contributed by atoms with Crippen molar-refractivity contribution in [3.8, 4) is 5.75 Å². The first-order valence-electron chi connectivity index (χ1n) is 7.77. The molecule has 0 fully saturated rings. The van der Waals surface area contributed by atoms with Gasteiger partial charge < -0.3 is 9.47 Å². The average molecular weight is 361 g/mol. The molecular weight excluding hydrogens is 342 g/mol. The highest BCUT2D eigenvalue weighted by Gasteiger charge is 2.38. The number of anilines is 1. The van der Waals surface area contributed by atoms with E-state index in [1.165, 1.54) is 11.4 Å². The van der Waals surface area contributed by atoms with Gasteiger partial charge in [0.05, 0.1) is 24.2 Å². The van der Waals surface area contributed by atoms with E-state index in [9.17, 15) is 13.2 Å². The van der Waals surface area contributed by atoms with Gasteiger partial charge in [0.15, 0.2) is 0 Å². The molecule has 1 unspecified atom stereocenters. The van der Waals surface area contributed by atoms with Gasteiger partial charge in [-0.2, -0.15) is 0 Å². The molecule has 3 rings (SSSR count). The summed E-state index contributed by atoms with van der Waals surface area (Å²) in [7, 11) is -2.59. The third-order valence-corrected chi connectivity index (χ3v) is 5.85. The molecular formula is C18H19NO5S. The number of hydrogen-bond acceptors (Lipinski definition) is 5. The van der Waals surface area contributed by atoms with Gasteiger partial charge in [0.25, 0.3) is 10.0 Å². The highest BCUT2D eigenvalue weighted by molar-refractivity contribution is 7.92. The van der Waals surface area contributed by atoms with Gasteiger partial charge in [0, 0.05) is 0 Å². The lowest BCUT2D eigenvalue weighted by atomic mass is 10.1. The van der Waals surface area contributed by atoms with Crippen LogP contribution >= 0.6 is 0 Å². The number of hydrogen-bond donors (Lipinski definition) is 0. The zero-order valence-electron chi connectivity index (χ0n) is 14.2. The molecule has 0 saturated carbocycles. The first-order valence-corrected chi connectivity index (χ1v) is 9.21. The highest BCUT2D eigenvalue weighted by Crippen LogP contribution is 2.37. The monoisotopic (exact) mass is 361 g/mol. The van der Waals surface area contributed by atoms with E-state index in [1.807, 2.05) is 13.8 Å². The highest BCUT2D eigenvalue weighted by atomic mass is 32.2. The van der Waals surface area contributed by atoms with Crippen LogP contribution < -0.4 is 9.04 Å². The largest absolute Gasteiger partial charge is 0.475 e. The number of carbonyl (C=O) groups is 1. The SMILES string of the molecule is COC(=O)C1CN(S(=O)(=O)c2ccc(C)cc2)c2cc(C)ccc2O1. The van der Waals surface area contributed by atoms with Crippen LogP contribution in [0.15, 0.2) is 47.4 Å². The minimum Gasteiger partial charge on any atom is -0.475 e. The molecule has 0 radical (unpaired) electrons. The molecule has 0 aliphatic carbocycles. The van der Waals surface area contributed by atoms with Crippen LogP contribution in [0.4, 0.5) is 5.69 Å². The Morgan fingerprint density at radius 1 is 1.12 bits per heavy atom. The maximum atomic E-state index is 13.1. The second kappa shape index (κ2) is 6.40. The Balaban J connectivity index is 2.11. The van der Waals surface area contributed by atoms with Crippen molar-refractivity contribution in [2.75, 3.05) is 18.0 Å². The molecule has 132 valence electrons. The van der Waals surface area contributed by atoms with Crippen molar-refractivity contribution in [1.29, 1.82) is 0 Å². The number of carbonyl (C=O) groups excluding carboxylic acids is 1. The first-order chi connectivity index (χ1) is 11.8. The Morgan fingerprint density at radius 3 is 2.40 bits per heavy atom. The average Bonchev–Trinajstić information content (AvgIpc) is 2.60. The Hall–Kier alpha value is -2.54. The zero-order chi connectivity index (χ0) is 18.2. The number of methoxy groups -OCH3 is 1. The maximum absolute atomic E-state index is 13.1. The predicted octanol–water partition coefficient (Wildman–Crippen LogP) is 2.43. The number of nitrogens with zero attached hydrogens (tertiary/aromatic N) is 1. The van der Waals surface area contributed by atoms with Crippen molar-refractivity contribution in [3.05, 3.63) is 53.6 Å². The number of aryl methyl sites for hydroxylation is 2. The van der Waals surface area contributed by atoms with E-state index >= 15 is 0 Å². The second-order valence-electron chi connectivity index (χ2n) is 5.95. The van der Waals surface area contributed by atoms with Gasteiger partial charge in [-0.1, -0.05) is 23.8 Å². The van der Waals surface area contributed by atoms with E-state index in [0.717, 1.165) is 11.1 Å². The molecule has 6 nitrogen and oxygen atoms in total. The zero-order valence-corrected chi connectivity index (χ0v) is 15.0. The van der Waals surface area contributed by atoms with Crippen molar-refractivity contribution < 1.29 is 22.7 Å². The van der Waals surface area contributed by atoms with Gasteiger partial charge in [0.2, 0.25) is 6.10 Å². The van der Waals surface area contributed by atoms with Crippen LogP contribution in [0, 0.1) is 13.8 Å². The summed E-state index contributed by atoms with van der Waals surface area (Å²) < 4.78 is 37.9. The predicted molar refractivity (Wildman–Crippen MR) is 93.3 cm³/mol. The molecule has 1 aliphatic rings. The summed E-state index contributed by atoms with van der Waals surface area (Å²) in [5, 5.41) is 0. The summed E-state index contributed by atoms with van der Waals surface area (Å²) in [6.45, 7) is 3.61. The van der Waals surface area contributed by atoms with E-state index in [1.54, 1.807) is 42.5 Å². The van der Waals surface area contributed by atoms with E-state index in [2.05, 4.69) is 0 Å². The summed E-state index contributed by atoms with van der Waals surface area (Å²) in [5.41, 5.74) is 2.27. The number of ether oxygens (including phenoxy) is 2.